The molecule has 150 valence electrons. The van der Waals surface area contributed by atoms with Crippen LogP contribution < -0.4 is 10.2 Å². The first kappa shape index (κ1) is 19.9. The molecule has 4 nitrogen and oxygen atoms in total. The largest absolute Gasteiger partial charge is 0.350 e. The lowest BCUT2D eigenvalue weighted by Crippen LogP contribution is -2.32. The number of benzene rings is 3. The van der Waals surface area contributed by atoms with Crippen LogP contribution in [0.15, 0.2) is 72.4 Å². The first-order valence-corrected chi connectivity index (χ1v) is 10.0. The van der Waals surface area contributed by atoms with E-state index < -0.39 is 0 Å². The summed E-state index contributed by atoms with van der Waals surface area (Å²) in [6, 6.07) is 20.3. The zero-order valence-electron chi connectivity index (χ0n) is 17.0. The van der Waals surface area contributed by atoms with E-state index in [-0.39, 0.29) is 17.5 Å². The normalized spacial score (nSPS) is 13.9. The van der Waals surface area contributed by atoms with Crippen molar-refractivity contribution in [3.8, 4) is 0 Å². The molecule has 2 amide bonds. The fraction of sp³-hybridized carbons (Fsp3) is 0.120. The van der Waals surface area contributed by atoms with Crippen molar-refractivity contribution in [2.75, 3.05) is 10.2 Å². The number of carbonyl (C=O) groups excluding carboxylic acids is 2. The van der Waals surface area contributed by atoms with E-state index in [0.717, 1.165) is 16.7 Å². The number of hydrogen-bond acceptors (Lipinski definition) is 3. The Hall–Kier alpha value is -3.37. The Morgan fingerprint density at radius 1 is 0.767 bits per heavy atom. The highest BCUT2D eigenvalue weighted by Gasteiger charge is 2.40. The van der Waals surface area contributed by atoms with Gasteiger partial charge in [0.15, 0.2) is 0 Å². The fourth-order valence-electron chi connectivity index (χ4n) is 3.43. The number of rotatable bonds is 4. The van der Waals surface area contributed by atoms with Crippen molar-refractivity contribution in [2.45, 2.75) is 20.8 Å². The molecule has 1 aliphatic heterocycles. The van der Waals surface area contributed by atoms with Gasteiger partial charge in [0.05, 0.1) is 11.3 Å². The lowest BCUT2D eigenvalue weighted by Gasteiger charge is -2.17. The van der Waals surface area contributed by atoms with Gasteiger partial charge in [-0.25, -0.2) is 4.90 Å². The third-order valence-corrected chi connectivity index (χ3v) is 5.74. The van der Waals surface area contributed by atoms with Gasteiger partial charge in [-0.05, 0) is 67.3 Å². The first-order chi connectivity index (χ1) is 14.4. The summed E-state index contributed by atoms with van der Waals surface area (Å²) in [5, 5.41) is 3.73. The molecule has 0 atom stereocenters. The Morgan fingerprint density at radius 3 is 2.13 bits per heavy atom. The van der Waals surface area contributed by atoms with Crippen LogP contribution in [0.25, 0.3) is 5.57 Å². The summed E-state index contributed by atoms with van der Waals surface area (Å²) >= 11 is 6.26. The highest BCUT2D eigenvalue weighted by atomic mass is 35.5. The predicted octanol–water partition coefficient (Wildman–Crippen LogP) is 5.66. The minimum Gasteiger partial charge on any atom is -0.350 e. The minimum absolute atomic E-state index is 0.240. The van der Waals surface area contributed by atoms with Crippen molar-refractivity contribution in [3.05, 3.63) is 99.7 Å². The molecule has 0 aromatic heterocycles. The number of amides is 2. The second-order valence-electron chi connectivity index (χ2n) is 7.42. The van der Waals surface area contributed by atoms with Crippen LogP contribution in [0.1, 0.15) is 22.3 Å². The quantitative estimate of drug-likeness (QED) is 0.558. The van der Waals surface area contributed by atoms with E-state index in [0.29, 0.717) is 27.5 Å². The number of nitrogens with zero attached hydrogens (tertiary/aromatic N) is 1. The Balaban J connectivity index is 1.82. The van der Waals surface area contributed by atoms with Crippen LogP contribution in [0, 0.1) is 20.8 Å². The molecule has 0 bridgehead atoms. The predicted molar refractivity (Wildman–Crippen MR) is 122 cm³/mol. The van der Waals surface area contributed by atoms with Gasteiger partial charge >= 0.3 is 0 Å². The smallest absolute Gasteiger partial charge is 0.282 e. The van der Waals surface area contributed by atoms with Crippen LogP contribution in [-0.2, 0) is 9.59 Å². The van der Waals surface area contributed by atoms with Gasteiger partial charge in [0.1, 0.15) is 5.70 Å². The monoisotopic (exact) mass is 416 g/mol. The van der Waals surface area contributed by atoms with Crippen molar-refractivity contribution in [2.24, 2.45) is 0 Å². The van der Waals surface area contributed by atoms with Gasteiger partial charge in [-0.3, -0.25) is 9.59 Å². The topological polar surface area (TPSA) is 49.4 Å². The molecule has 1 N–H and O–H groups in total. The van der Waals surface area contributed by atoms with Crippen molar-refractivity contribution in [1.82, 2.24) is 0 Å². The third kappa shape index (κ3) is 3.51. The number of aryl methyl sites for hydroxylation is 3. The Kier molecular flexibility index (Phi) is 5.18. The van der Waals surface area contributed by atoms with Gasteiger partial charge in [0.25, 0.3) is 11.8 Å². The van der Waals surface area contributed by atoms with Gasteiger partial charge in [0, 0.05) is 10.7 Å². The molecule has 0 saturated heterocycles. The summed E-state index contributed by atoms with van der Waals surface area (Å²) in [7, 11) is 0. The van der Waals surface area contributed by atoms with E-state index in [9.17, 15) is 9.59 Å². The summed E-state index contributed by atoms with van der Waals surface area (Å²) in [6.07, 6.45) is 0. The molecule has 1 aliphatic rings. The first-order valence-electron chi connectivity index (χ1n) is 9.65. The summed E-state index contributed by atoms with van der Waals surface area (Å²) in [4.78, 5) is 28.0. The van der Waals surface area contributed by atoms with E-state index in [1.54, 1.807) is 12.1 Å². The van der Waals surface area contributed by atoms with Gasteiger partial charge in [-0.2, -0.15) is 0 Å². The van der Waals surface area contributed by atoms with Crippen molar-refractivity contribution >= 4 is 40.4 Å². The molecule has 0 fully saturated rings. The summed E-state index contributed by atoms with van der Waals surface area (Å²) in [5.41, 5.74) is 5.52. The molecular weight excluding hydrogens is 396 g/mol. The highest BCUT2D eigenvalue weighted by Crippen LogP contribution is 2.34. The number of hydrogen-bond donors (Lipinski definition) is 1. The molecule has 3 aromatic carbocycles. The highest BCUT2D eigenvalue weighted by molar-refractivity contribution is 6.46. The zero-order valence-corrected chi connectivity index (χ0v) is 17.7. The molecule has 0 aliphatic carbocycles. The molecule has 0 saturated carbocycles. The lowest BCUT2D eigenvalue weighted by molar-refractivity contribution is -0.120. The number of anilines is 2. The molecule has 0 unspecified atom stereocenters. The van der Waals surface area contributed by atoms with E-state index >= 15 is 0 Å². The SMILES string of the molecule is Cc1ccc(N2C(=O)C(Nc3ccc(C)c(Cl)c3)=C(c3ccccc3)C2=O)cc1C. The second kappa shape index (κ2) is 7.81. The molecule has 1 heterocycles. The summed E-state index contributed by atoms with van der Waals surface area (Å²) < 4.78 is 0. The molecule has 5 heteroatoms. The number of carbonyl (C=O) groups is 2. The minimum atomic E-state index is -0.390. The molecule has 3 aromatic rings. The Morgan fingerprint density at radius 2 is 1.47 bits per heavy atom. The molecule has 0 spiro atoms. The standard InChI is InChI=1S/C25H21ClN2O2/c1-15-10-12-20(13-17(15)3)28-24(29)22(18-7-5-4-6-8-18)23(25(28)30)27-19-11-9-16(2)21(26)14-19/h4-14,27H,1-3H3. The van der Waals surface area contributed by atoms with Crippen LogP contribution in [0.3, 0.4) is 0 Å². The van der Waals surface area contributed by atoms with Crippen LogP contribution in [0.5, 0.6) is 0 Å². The van der Waals surface area contributed by atoms with Gasteiger partial charge < -0.3 is 5.32 Å². The molecule has 30 heavy (non-hydrogen) atoms. The van der Waals surface area contributed by atoms with Crippen molar-refractivity contribution in [1.29, 1.82) is 0 Å². The number of halogens is 1. The van der Waals surface area contributed by atoms with Crippen LogP contribution in [-0.4, -0.2) is 11.8 Å². The van der Waals surface area contributed by atoms with Crippen molar-refractivity contribution < 1.29 is 9.59 Å². The van der Waals surface area contributed by atoms with Gasteiger partial charge in [0.2, 0.25) is 0 Å². The summed E-state index contributed by atoms with van der Waals surface area (Å²) in [6.45, 7) is 5.86. The third-order valence-electron chi connectivity index (χ3n) is 5.34. The summed E-state index contributed by atoms with van der Waals surface area (Å²) in [5.74, 6) is -0.742. The van der Waals surface area contributed by atoms with Gasteiger partial charge in [-0.15, -0.1) is 0 Å². The van der Waals surface area contributed by atoms with Crippen molar-refractivity contribution in [3.63, 3.8) is 0 Å². The maximum atomic E-state index is 13.4. The number of nitrogens with one attached hydrogen (secondary N) is 1. The average molecular weight is 417 g/mol. The Labute approximate surface area is 180 Å². The average Bonchev–Trinajstić information content (AvgIpc) is 2.97. The fourth-order valence-corrected chi connectivity index (χ4v) is 3.61. The van der Waals surface area contributed by atoms with Gasteiger partial charge in [-0.1, -0.05) is 54.1 Å². The van der Waals surface area contributed by atoms with E-state index in [1.165, 1.54) is 4.90 Å². The van der Waals surface area contributed by atoms with E-state index in [4.69, 9.17) is 11.6 Å². The molecule has 0 radical (unpaired) electrons. The van der Waals surface area contributed by atoms with E-state index in [1.807, 2.05) is 75.4 Å². The maximum absolute atomic E-state index is 13.4. The second-order valence-corrected chi connectivity index (χ2v) is 7.83. The molecule has 4 rings (SSSR count). The zero-order chi connectivity index (χ0) is 21.4. The molecular formula is C25H21ClN2O2. The van der Waals surface area contributed by atoms with Crippen LogP contribution in [0.2, 0.25) is 5.02 Å². The van der Waals surface area contributed by atoms with Crippen LogP contribution in [0.4, 0.5) is 11.4 Å². The number of imide groups is 1. The Bertz CT molecular complexity index is 1200. The van der Waals surface area contributed by atoms with Crippen LogP contribution >= 0.6 is 11.6 Å². The van der Waals surface area contributed by atoms with E-state index in [2.05, 4.69) is 5.32 Å². The lowest BCUT2D eigenvalue weighted by atomic mass is 10.0. The maximum Gasteiger partial charge on any atom is 0.282 e.